The molecule has 0 saturated carbocycles. The Morgan fingerprint density at radius 2 is 1.47 bits per heavy atom. The molecule has 4 aromatic carbocycles. The Morgan fingerprint density at radius 1 is 0.842 bits per heavy atom. The molecule has 8 nitrogen and oxygen atoms in total. The van der Waals surface area contributed by atoms with E-state index < -0.39 is 10.8 Å². The molecular weight excluding hydrogens is 482 g/mol. The summed E-state index contributed by atoms with van der Waals surface area (Å²) in [6.45, 7) is 0.592. The first-order valence-electron chi connectivity index (χ1n) is 11.7. The molecule has 0 atom stereocenters. The second-order valence-electron chi connectivity index (χ2n) is 8.17. The lowest BCUT2D eigenvalue weighted by molar-refractivity contribution is -0.384. The summed E-state index contributed by atoms with van der Waals surface area (Å²) < 4.78 is 11.6. The average molecular weight is 506 g/mol. The van der Waals surface area contributed by atoms with Gasteiger partial charge in [-0.3, -0.25) is 14.9 Å². The quantitative estimate of drug-likeness (QED) is 0.117. The number of carbonyl (C=O) groups excluding carboxylic acids is 1. The zero-order chi connectivity index (χ0) is 26.7. The van der Waals surface area contributed by atoms with E-state index in [1.54, 1.807) is 60.7 Å². The van der Waals surface area contributed by atoms with Crippen molar-refractivity contribution < 1.29 is 19.2 Å². The van der Waals surface area contributed by atoms with Crippen molar-refractivity contribution >= 4 is 23.4 Å². The Hall–Kier alpha value is -5.42. The van der Waals surface area contributed by atoms with Crippen molar-refractivity contribution in [3.63, 3.8) is 0 Å². The number of benzene rings is 4. The Balaban J connectivity index is 1.39. The van der Waals surface area contributed by atoms with Gasteiger partial charge in [0.05, 0.1) is 4.92 Å². The maximum absolute atomic E-state index is 12.8. The molecule has 8 heteroatoms. The van der Waals surface area contributed by atoms with Crippen LogP contribution in [0.4, 0.5) is 11.4 Å². The predicted octanol–water partition coefficient (Wildman–Crippen LogP) is 6.30. The van der Waals surface area contributed by atoms with Crippen LogP contribution in [0.2, 0.25) is 0 Å². The SMILES string of the molecule is N#C/C(=C\c1ccccc1OCc1ccc([N+](=O)[O-])cc1)C(=O)Nc1ccc(OCc2ccccc2)cc1. The van der Waals surface area contributed by atoms with Crippen molar-refractivity contribution in [2.45, 2.75) is 13.2 Å². The van der Waals surface area contributed by atoms with Gasteiger partial charge >= 0.3 is 0 Å². The number of nitriles is 1. The molecule has 0 heterocycles. The van der Waals surface area contributed by atoms with Crippen LogP contribution in [-0.4, -0.2) is 10.8 Å². The van der Waals surface area contributed by atoms with Crippen LogP contribution in [0.1, 0.15) is 16.7 Å². The van der Waals surface area contributed by atoms with Crippen LogP contribution in [0.5, 0.6) is 11.5 Å². The molecule has 0 fully saturated rings. The number of non-ortho nitro benzene ring substituents is 1. The van der Waals surface area contributed by atoms with E-state index in [1.165, 1.54) is 18.2 Å². The molecular formula is C30H23N3O5. The molecule has 4 rings (SSSR count). The minimum atomic E-state index is -0.560. The highest BCUT2D eigenvalue weighted by Crippen LogP contribution is 2.24. The first kappa shape index (κ1) is 25.7. The standard InChI is InChI=1S/C30H23N3O5/c31-19-25(30(34)32-26-12-16-28(17-13-26)37-20-22-6-2-1-3-7-22)18-24-8-4-5-9-29(24)38-21-23-10-14-27(15-11-23)33(35)36/h1-18H,20-21H2,(H,32,34)/b25-18+. The van der Waals surface area contributed by atoms with Crippen LogP contribution in [0.15, 0.2) is 109 Å². The van der Waals surface area contributed by atoms with Gasteiger partial charge in [0.25, 0.3) is 11.6 Å². The molecule has 0 radical (unpaired) electrons. The number of para-hydroxylation sites is 1. The highest BCUT2D eigenvalue weighted by Gasteiger charge is 2.12. The maximum atomic E-state index is 12.8. The number of carbonyl (C=O) groups is 1. The molecule has 1 amide bonds. The number of hydrogen-bond acceptors (Lipinski definition) is 6. The van der Waals surface area contributed by atoms with E-state index in [0.717, 1.165) is 11.1 Å². The number of rotatable bonds is 10. The Morgan fingerprint density at radius 3 is 2.16 bits per heavy atom. The third-order valence-corrected chi connectivity index (χ3v) is 5.49. The van der Waals surface area contributed by atoms with E-state index in [0.29, 0.717) is 29.4 Å². The lowest BCUT2D eigenvalue weighted by atomic mass is 10.1. The smallest absolute Gasteiger partial charge is 0.269 e. The minimum Gasteiger partial charge on any atom is -0.489 e. The number of nitro benzene ring substituents is 1. The molecule has 0 aliphatic rings. The maximum Gasteiger partial charge on any atom is 0.269 e. The first-order chi connectivity index (χ1) is 18.5. The lowest BCUT2D eigenvalue weighted by Crippen LogP contribution is -2.13. The molecule has 38 heavy (non-hydrogen) atoms. The largest absolute Gasteiger partial charge is 0.489 e. The van der Waals surface area contributed by atoms with E-state index in [4.69, 9.17) is 9.47 Å². The molecule has 0 aliphatic carbocycles. The van der Waals surface area contributed by atoms with E-state index in [1.807, 2.05) is 36.4 Å². The number of amides is 1. The summed E-state index contributed by atoms with van der Waals surface area (Å²) in [5.74, 6) is 0.559. The summed E-state index contributed by atoms with van der Waals surface area (Å²) in [5.41, 5.74) is 2.75. The monoisotopic (exact) mass is 505 g/mol. The fraction of sp³-hybridized carbons (Fsp3) is 0.0667. The summed E-state index contributed by atoms with van der Waals surface area (Å²) >= 11 is 0. The first-order valence-corrected chi connectivity index (χ1v) is 11.7. The number of nitrogens with zero attached hydrogens (tertiary/aromatic N) is 2. The summed E-state index contributed by atoms with van der Waals surface area (Å²) in [4.78, 5) is 23.2. The fourth-order valence-corrected chi connectivity index (χ4v) is 3.48. The van der Waals surface area contributed by atoms with Gasteiger partial charge < -0.3 is 14.8 Å². The van der Waals surface area contributed by atoms with Gasteiger partial charge in [-0.05, 0) is 59.7 Å². The third kappa shape index (κ3) is 7.06. The fourth-order valence-electron chi connectivity index (χ4n) is 3.48. The Bertz CT molecular complexity index is 1480. The van der Waals surface area contributed by atoms with Gasteiger partial charge in [0.2, 0.25) is 0 Å². The van der Waals surface area contributed by atoms with Crippen molar-refractivity contribution in [2.24, 2.45) is 0 Å². The summed E-state index contributed by atoms with van der Waals surface area (Å²) in [6.07, 6.45) is 1.46. The average Bonchev–Trinajstić information content (AvgIpc) is 2.95. The summed E-state index contributed by atoms with van der Waals surface area (Å²) in [5, 5.41) is 23.2. The van der Waals surface area contributed by atoms with Gasteiger partial charge in [-0.25, -0.2) is 0 Å². The number of nitrogens with one attached hydrogen (secondary N) is 1. The molecule has 0 aromatic heterocycles. The van der Waals surface area contributed by atoms with E-state index in [-0.39, 0.29) is 17.9 Å². The van der Waals surface area contributed by atoms with Gasteiger partial charge in [-0.1, -0.05) is 48.5 Å². The predicted molar refractivity (Wildman–Crippen MR) is 143 cm³/mol. The van der Waals surface area contributed by atoms with Crippen LogP contribution in [-0.2, 0) is 18.0 Å². The van der Waals surface area contributed by atoms with Crippen LogP contribution in [0.25, 0.3) is 6.08 Å². The summed E-state index contributed by atoms with van der Waals surface area (Å²) in [7, 11) is 0. The van der Waals surface area contributed by atoms with Crippen molar-refractivity contribution in [1.82, 2.24) is 0 Å². The second-order valence-corrected chi connectivity index (χ2v) is 8.17. The third-order valence-electron chi connectivity index (χ3n) is 5.49. The van der Waals surface area contributed by atoms with Crippen LogP contribution < -0.4 is 14.8 Å². The van der Waals surface area contributed by atoms with Crippen molar-refractivity contribution in [3.05, 3.63) is 136 Å². The lowest BCUT2D eigenvalue weighted by Gasteiger charge is -2.10. The normalized spacial score (nSPS) is 10.8. The number of ether oxygens (including phenoxy) is 2. The molecule has 4 aromatic rings. The van der Waals surface area contributed by atoms with Gasteiger partial charge in [-0.15, -0.1) is 0 Å². The molecule has 0 saturated heterocycles. The molecule has 0 spiro atoms. The Labute approximate surface area is 219 Å². The van der Waals surface area contributed by atoms with E-state index in [2.05, 4.69) is 5.32 Å². The molecule has 0 bridgehead atoms. The van der Waals surface area contributed by atoms with Crippen molar-refractivity contribution in [2.75, 3.05) is 5.32 Å². The highest BCUT2D eigenvalue weighted by molar-refractivity contribution is 6.09. The number of anilines is 1. The van der Waals surface area contributed by atoms with Crippen molar-refractivity contribution in [3.8, 4) is 17.6 Å². The van der Waals surface area contributed by atoms with E-state index in [9.17, 15) is 20.2 Å². The van der Waals surface area contributed by atoms with Gasteiger partial charge in [0.1, 0.15) is 36.4 Å². The zero-order valence-electron chi connectivity index (χ0n) is 20.2. The number of hydrogen-bond donors (Lipinski definition) is 1. The Kier molecular flexibility index (Phi) is 8.45. The molecule has 1 N–H and O–H groups in total. The van der Waals surface area contributed by atoms with Gasteiger partial charge in [-0.2, -0.15) is 5.26 Å². The molecule has 0 unspecified atom stereocenters. The molecule has 0 aliphatic heterocycles. The van der Waals surface area contributed by atoms with Crippen LogP contribution >= 0.6 is 0 Å². The van der Waals surface area contributed by atoms with E-state index >= 15 is 0 Å². The molecule has 188 valence electrons. The highest BCUT2D eigenvalue weighted by atomic mass is 16.6. The topological polar surface area (TPSA) is 114 Å². The van der Waals surface area contributed by atoms with Crippen LogP contribution in [0.3, 0.4) is 0 Å². The van der Waals surface area contributed by atoms with Crippen molar-refractivity contribution in [1.29, 1.82) is 5.26 Å². The zero-order valence-corrected chi connectivity index (χ0v) is 20.2. The second kappa shape index (κ2) is 12.5. The number of nitro groups is 1. The van der Waals surface area contributed by atoms with Crippen LogP contribution in [0, 0.1) is 21.4 Å². The van der Waals surface area contributed by atoms with Gasteiger partial charge in [0.15, 0.2) is 0 Å². The minimum absolute atomic E-state index is 0.00360. The van der Waals surface area contributed by atoms with Gasteiger partial charge in [0, 0.05) is 23.4 Å². The summed E-state index contributed by atoms with van der Waals surface area (Å²) in [6, 6.07) is 31.7.